The molecule has 4 aromatic rings. The molecule has 3 heterocycles. The smallest absolute Gasteiger partial charge is 0.152 e. The van der Waals surface area contributed by atoms with Crippen molar-refractivity contribution in [2.75, 3.05) is 12.3 Å². The summed E-state index contributed by atoms with van der Waals surface area (Å²) in [6.45, 7) is 3.28. The standard InChI is InChI=1S/C22H19N5O/c1-13-16-3-2-4-17-19(16)21-20(22(24)26-17)25-12-27(21)18(13)11-28-10-15-7-5-14(9-23)6-8-15/h2-8,12-13,18H,10-11H2,1H3,(H2,24,26). The van der Waals surface area contributed by atoms with Gasteiger partial charge < -0.3 is 15.0 Å². The van der Waals surface area contributed by atoms with Crippen LogP contribution < -0.4 is 5.73 Å². The van der Waals surface area contributed by atoms with Gasteiger partial charge in [0, 0.05) is 11.3 Å². The molecule has 0 saturated heterocycles. The fourth-order valence-corrected chi connectivity index (χ4v) is 4.16. The second-order valence-corrected chi connectivity index (χ2v) is 7.27. The normalized spacial score (nSPS) is 18.0. The number of benzene rings is 2. The highest BCUT2D eigenvalue weighted by molar-refractivity contribution is 6.08. The van der Waals surface area contributed by atoms with Gasteiger partial charge in [-0.15, -0.1) is 0 Å². The van der Waals surface area contributed by atoms with E-state index in [-0.39, 0.29) is 12.0 Å². The highest BCUT2D eigenvalue weighted by Crippen LogP contribution is 2.43. The van der Waals surface area contributed by atoms with Crippen LogP contribution in [0.2, 0.25) is 0 Å². The summed E-state index contributed by atoms with van der Waals surface area (Å²) in [6, 6.07) is 15.9. The maximum Gasteiger partial charge on any atom is 0.152 e. The minimum absolute atomic E-state index is 0.128. The summed E-state index contributed by atoms with van der Waals surface area (Å²) in [5, 5.41) is 10.1. The van der Waals surface area contributed by atoms with E-state index in [1.165, 1.54) is 5.56 Å². The predicted octanol–water partition coefficient (Wildman–Crippen LogP) is 3.91. The van der Waals surface area contributed by atoms with Gasteiger partial charge in [0.05, 0.1) is 48.2 Å². The Balaban J connectivity index is 1.47. The summed E-state index contributed by atoms with van der Waals surface area (Å²) in [6.07, 6.45) is 1.85. The summed E-state index contributed by atoms with van der Waals surface area (Å²) in [4.78, 5) is 9.07. The van der Waals surface area contributed by atoms with Gasteiger partial charge in [-0.25, -0.2) is 9.97 Å². The van der Waals surface area contributed by atoms with Crippen LogP contribution in [0.25, 0.3) is 21.9 Å². The molecule has 28 heavy (non-hydrogen) atoms. The highest BCUT2D eigenvalue weighted by Gasteiger charge is 2.31. The van der Waals surface area contributed by atoms with Gasteiger partial charge in [-0.2, -0.15) is 5.26 Å². The number of aromatic nitrogens is 3. The summed E-state index contributed by atoms with van der Waals surface area (Å²) in [5.74, 6) is 0.727. The van der Waals surface area contributed by atoms with Crippen LogP contribution in [0.5, 0.6) is 0 Å². The molecule has 2 aromatic carbocycles. The number of pyridine rings is 1. The summed E-state index contributed by atoms with van der Waals surface area (Å²) < 4.78 is 8.25. The van der Waals surface area contributed by atoms with Crippen LogP contribution in [0.4, 0.5) is 5.82 Å². The van der Waals surface area contributed by atoms with Crippen LogP contribution in [0, 0.1) is 11.3 Å². The third kappa shape index (κ3) is 2.44. The fraction of sp³-hybridized carbons (Fsp3) is 0.227. The van der Waals surface area contributed by atoms with Gasteiger partial charge >= 0.3 is 0 Å². The van der Waals surface area contributed by atoms with E-state index in [2.05, 4.69) is 33.6 Å². The average Bonchev–Trinajstić information content (AvgIpc) is 3.16. The van der Waals surface area contributed by atoms with Gasteiger partial charge in [-0.3, -0.25) is 0 Å². The number of nitrogens with two attached hydrogens (primary N) is 1. The topological polar surface area (TPSA) is 89.8 Å². The minimum atomic E-state index is 0.128. The number of nitrogens with zero attached hydrogens (tertiary/aromatic N) is 4. The van der Waals surface area contributed by atoms with Gasteiger partial charge in [0.2, 0.25) is 0 Å². The van der Waals surface area contributed by atoms with Gasteiger partial charge in [0.25, 0.3) is 0 Å². The Labute approximate surface area is 162 Å². The number of nitriles is 1. The number of hydrogen-bond donors (Lipinski definition) is 1. The molecule has 0 spiro atoms. The van der Waals surface area contributed by atoms with E-state index < -0.39 is 0 Å². The third-order valence-electron chi connectivity index (χ3n) is 5.65. The number of anilines is 1. The molecular formula is C22H19N5O. The van der Waals surface area contributed by atoms with E-state index in [4.69, 9.17) is 15.7 Å². The molecule has 6 nitrogen and oxygen atoms in total. The van der Waals surface area contributed by atoms with Crippen LogP contribution in [0.3, 0.4) is 0 Å². The Hall–Kier alpha value is -3.43. The largest absolute Gasteiger partial charge is 0.382 e. The van der Waals surface area contributed by atoms with Crippen LogP contribution in [0.15, 0.2) is 48.8 Å². The molecule has 2 unspecified atom stereocenters. The quantitative estimate of drug-likeness (QED) is 0.589. The van der Waals surface area contributed by atoms with E-state index >= 15 is 0 Å². The van der Waals surface area contributed by atoms with Gasteiger partial charge in [0.15, 0.2) is 5.82 Å². The lowest BCUT2D eigenvalue weighted by atomic mass is 9.87. The first-order valence-corrected chi connectivity index (χ1v) is 9.29. The second kappa shape index (κ2) is 6.32. The fourth-order valence-electron chi connectivity index (χ4n) is 4.16. The molecule has 1 aliphatic rings. The maximum atomic E-state index is 8.91. The minimum Gasteiger partial charge on any atom is -0.382 e. The molecule has 2 aromatic heterocycles. The zero-order valence-corrected chi connectivity index (χ0v) is 15.5. The van der Waals surface area contributed by atoms with Crippen LogP contribution >= 0.6 is 0 Å². The van der Waals surface area contributed by atoms with Gasteiger partial charge in [-0.1, -0.05) is 31.2 Å². The Morgan fingerprint density at radius 1 is 1.21 bits per heavy atom. The van der Waals surface area contributed by atoms with Crippen molar-refractivity contribution in [3.8, 4) is 6.07 Å². The molecule has 1 aliphatic heterocycles. The number of nitrogen functional groups attached to an aromatic ring is 1. The lowest BCUT2D eigenvalue weighted by Crippen LogP contribution is -2.24. The number of imidazole rings is 1. The first kappa shape index (κ1) is 16.7. The molecule has 2 atom stereocenters. The molecule has 6 heteroatoms. The molecular weight excluding hydrogens is 350 g/mol. The maximum absolute atomic E-state index is 8.91. The summed E-state index contributed by atoms with van der Waals surface area (Å²) in [5.41, 5.74) is 11.8. The summed E-state index contributed by atoms with van der Waals surface area (Å²) in [7, 11) is 0. The van der Waals surface area contributed by atoms with Gasteiger partial charge in [0.1, 0.15) is 5.52 Å². The van der Waals surface area contributed by atoms with E-state index in [9.17, 15) is 0 Å². The SMILES string of the molecule is CC1c2cccc3nc(N)c4ncn(c4c23)C1COCc1ccc(C#N)cc1. The van der Waals surface area contributed by atoms with Crippen LogP contribution in [-0.4, -0.2) is 21.1 Å². The Morgan fingerprint density at radius 3 is 2.82 bits per heavy atom. The third-order valence-corrected chi connectivity index (χ3v) is 5.65. The molecule has 2 N–H and O–H groups in total. The van der Waals surface area contributed by atoms with Crippen molar-refractivity contribution in [2.45, 2.75) is 25.5 Å². The lowest BCUT2D eigenvalue weighted by molar-refractivity contribution is 0.0836. The van der Waals surface area contributed by atoms with Crippen molar-refractivity contribution in [1.82, 2.24) is 14.5 Å². The van der Waals surface area contributed by atoms with E-state index in [0.717, 1.165) is 27.5 Å². The Bertz CT molecular complexity index is 1240. The van der Waals surface area contributed by atoms with E-state index in [1.54, 1.807) is 0 Å². The number of hydrogen-bond acceptors (Lipinski definition) is 5. The second-order valence-electron chi connectivity index (χ2n) is 7.27. The monoisotopic (exact) mass is 369 g/mol. The van der Waals surface area contributed by atoms with Crippen molar-refractivity contribution in [3.63, 3.8) is 0 Å². The predicted molar refractivity (Wildman–Crippen MR) is 108 cm³/mol. The highest BCUT2D eigenvalue weighted by atomic mass is 16.5. The first-order valence-electron chi connectivity index (χ1n) is 9.29. The van der Waals surface area contributed by atoms with Crippen molar-refractivity contribution >= 4 is 27.8 Å². The molecule has 0 amide bonds. The van der Waals surface area contributed by atoms with Crippen molar-refractivity contribution in [1.29, 1.82) is 5.26 Å². The van der Waals surface area contributed by atoms with Crippen LogP contribution in [-0.2, 0) is 11.3 Å². The molecule has 0 bridgehead atoms. The average molecular weight is 369 g/mol. The number of ether oxygens (including phenoxy) is 1. The Morgan fingerprint density at radius 2 is 2.04 bits per heavy atom. The molecule has 0 fully saturated rings. The lowest BCUT2D eigenvalue weighted by Gasteiger charge is -2.31. The molecule has 5 rings (SSSR count). The zero-order valence-electron chi connectivity index (χ0n) is 15.5. The first-order chi connectivity index (χ1) is 13.7. The van der Waals surface area contributed by atoms with Crippen molar-refractivity contribution in [3.05, 3.63) is 65.5 Å². The number of rotatable bonds is 4. The van der Waals surface area contributed by atoms with E-state index in [1.807, 2.05) is 42.7 Å². The van der Waals surface area contributed by atoms with Gasteiger partial charge in [-0.05, 0) is 29.3 Å². The summed E-state index contributed by atoms with van der Waals surface area (Å²) >= 11 is 0. The van der Waals surface area contributed by atoms with Crippen LogP contribution in [0.1, 0.15) is 35.6 Å². The molecule has 0 saturated carbocycles. The molecule has 0 aliphatic carbocycles. The van der Waals surface area contributed by atoms with E-state index in [0.29, 0.717) is 24.6 Å². The van der Waals surface area contributed by atoms with Crippen molar-refractivity contribution < 1.29 is 4.74 Å². The Kier molecular flexibility index (Phi) is 3.78. The molecule has 138 valence electrons. The van der Waals surface area contributed by atoms with Crippen molar-refractivity contribution in [2.24, 2.45) is 0 Å². The molecule has 0 radical (unpaired) electrons. The zero-order chi connectivity index (χ0) is 19.3.